The Balaban J connectivity index is 4.06. The molecule has 0 radical (unpaired) electrons. The molecule has 0 aromatic carbocycles. The second kappa shape index (κ2) is 19.5. The van der Waals surface area contributed by atoms with Gasteiger partial charge in [-0.05, 0) is 60.0 Å². The van der Waals surface area contributed by atoms with Crippen LogP contribution in [0.2, 0.25) is 0 Å². The Morgan fingerprint density at radius 2 is 1.37 bits per heavy atom. The average molecular weight is 729 g/mol. The summed E-state index contributed by atoms with van der Waals surface area (Å²) in [6.45, 7) is 16.0. The van der Waals surface area contributed by atoms with Gasteiger partial charge >= 0.3 is 36.1 Å². The van der Waals surface area contributed by atoms with Gasteiger partial charge in [-0.1, -0.05) is 13.8 Å². The van der Waals surface area contributed by atoms with Gasteiger partial charge in [0, 0.05) is 27.2 Å². The Labute approximate surface area is 297 Å². The molecule has 1 rings (SSSR count). The van der Waals surface area contributed by atoms with Crippen LogP contribution in [0.3, 0.4) is 0 Å². The van der Waals surface area contributed by atoms with E-state index >= 15 is 0 Å². The normalized spacial score (nSPS) is 18.3. The molecule has 0 aromatic heterocycles. The number of carbonyl (C=O) groups excluding carboxylic acids is 7. The highest BCUT2D eigenvalue weighted by Gasteiger charge is 2.48. The average Bonchev–Trinajstić information content (AvgIpc) is 2.94. The van der Waals surface area contributed by atoms with Gasteiger partial charge in [0.15, 0.2) is 18.3 Å². The van der Waals surface area contributed by atoms with Crippen molar-refractivity contribution in [3.8, 4) is 0 Å². The molecule has 0 fully saturated rings. The van der Waals surface area contributed by atoms with E-state index in [0.29, 0.717) is 6.42 Å². The maximum Gasteiger partial charge on any atom is 0.414 e. The van der Waals surface area contributed by atoms with Gasteiger partial charge in [0.05, 0.1) is 19.2 Å². The van der Waals surface area contributed by atoms with Crippen LogP contribution >= 0.6 is 0 Å². The molecule has 5 atom stereocenters. The number of guanidine groups is 1. The lowest BCUT2D eigenvalue weighted by molar-refractivity contribution is -0.188. The Morgan fingerprint density at radius 1 is 0.843 bits per heavy atom. The van der Waals surface area contributed by atoms with Crippen molar-refractivity contribution in [2.45, 2.75) is 131 Å². The van der Waals surface area contributed by atoms with Gasteiger partial charge in [-0.3, -0.25) is 29.8 Å². The molecule has 0 aliphatic carbocycles. The summed E-state index contributed by atoms with van der Waals surface area (Å²) >= 11 is 0. The predicted octanol–water partition coefficient (Wildman–Crippen LogP) is 2.56. The minimum absolute atomic E-state index is 0.0170. The van der Waals surface area contributed by atoms with E-state index in [0.717, 1.165) is 34.0 Å². The fourth-order valence-corrected chi connectivity index (χ4v) is 4.36. The van der Waals surface area contributed by atoms with Crippen LogP contribution in [0.5, 0.6) is 0 Å². The molecular weight excluding hydrogens is 676 g/mol. The third-order valence-corrected chi connectivity index (χ3v) is 6.25. The molecule has 0 saturated carbocycles. The van der Waals surface area contributed by atoms with E-state index in [2.05, 4.69) is 20.9 Å². The molecule has 1 aliphatic rings. The van der Waals surface area contributed by atoms with Crippen LogP contribution in [-0.2, 0) is 57.1 Å². The number of hydrogen-bond acceptors (Lipinski definition) is 15. The van der Waals surface area contributed by atoms with E-state index in [-0.39, 0.29) is 12.3 Å². The minimum Gasteiger partial charge on any atom is -0.477 e. The van der Waals surface area contributed by atoms with Gasteiger partial charge in [-0.2, -0.15) is 0 Å². The fourth-order valence-electron chi connectivity index (χ4n) is 4.36. The maximum atomic E-state index is 13.4. The van der Waals surface area contributed by atoms with Crippen LogP contribution in [0.25, 0.3) is 0 Å². The van der Waals surface area contributed by atoms with Crippen molar-refractivity contribution < 1.29 is 66.7 Å². The number of alkyl carbamates (subject to hydrolysis) is 2. The highest BCUT2D eigenvalue weighted by molar-refractivity contribution is 6.01. The Morgan fingerprint density at radius 3 is 1.80 bits per heavy atom. The zero-order chi connectivity index (χ0) is 39.3. The smallest absolute Gasteiger partial charge is 0.414 e. The molecule has 1 heterocycles. The van der Waals surface area contributed by atoms with Crippen LogP contribution in [0, 0.1) is 5.92 Å². The van der Waals surface area contributed by atoms with Crippen molar-refractivity contribution in [2.75, 3.05) is 13.7 Å². The van der Waals surface area contributed by atoms with Crippen LogP contribution < -0.4 is 16.0 Å². The molecule has 3 amide bonds. The van der Waals surface area contributed by atoms with Crippen molar-refractivity contribution in [3.05, 3.63) is 11.8 Å². The standard InChI is InChI=1S/C33H52N4O14/c1-17(2)13-14-24(41)35-25-21(34-29(36-30(43)50-32(6,7)8)37-31(44)51-33(9,10)11)15-22(28(42)45-12)49-27(25)26(48-20(5)40)23(47-19(4)39)16-46-18(3)38/h15,17,21,23,25-27H,13-14,16H2,1-12H3,(H,35,41)(H2,34,36,37,43,44)/t21-,23?,25+,26?,27+/m0/s1. The molecule has 18 heteroatoms. The first-order valence-electron chi connectivity index (χ1n) is 16.2. The van der Waals surface area contributed by atoms with E-state index in [1.807, 2.05) is 13.8 Å². The lowest BCUT2D eigenvalue weighted by Gasteiger charge is -2.41. The summed E-state index contributed by atoms with van der Waals surface area (Å²) in [6.07, 6.45) is -5.25. The van der Waals surface area contributed by atoms with E-state index < -0.39 is 102 Å². The predicted molar refractivity (Wildman–Crippen MR) is 179 cm³/mol. The summed E-state index contributed by atoms with van der Waals surface area (Å²) in [6, 6.07) is -2.79. The number of rotatable bonds is 12. The van der Waals surface area contributed by atoms with Crippen molar-refractivity contribution in [1.29, 1.82) is 0 Å². The number of nitrogens with one attached hydrogen (secondary N) is 3. The molecule has 2 unspecified atom stereocenters. The van der Waals surface area contributed by atoms with Gasteiger partial charge in [-0.25, -0.2) is 19.4 Å². The molecule has 3 N–H and O–H groups in total. The number of carbonyl (C=O) groups is 7. The third kappa shape index (κ3) is 17.5. The topological polar surface area (TPSA) is 233 Å². The lowest BCUT2D eigenvalue weighted by Crippen LogP contribution is -2.61. The number of nitrogens with zero attached hydrogens (tertiary/aromatic N) is 1. The SMILES string of the molecule is COC(=O)C1=C[C@H](N=C(NC(=O)OC(C)(C)C)NC(=O)OC(C)(C)C)[C@@H](NC(=O)CCC(C)C)[C@H](C(OC(C)=O)C(COC(C)=O)OC(C)=O)O1. The van der Waals surface area contributed by atoms with Crippen molar-refractivity contribution >= 4 is 47.9 Å². The largest absolute Gasteiger partial charge is 0.477 e. The summed E-state index contributed by atoms with van der Waals surface area (Å²) in [5.41, 5.74) is -1.94. The van der Waals surface area contributed by atoms with Crippen LogP contribution in [0.1, 0.15) is 89.0 Å². The Bertz CT molecular complexity index is 1310. The molecule has 0 saturated heterocycles. The van der Waals surface area contributed by atoms with Gasteiger partial charge < -0.3 is 38.5 Å². The molecule has 288 valence electrons. The highest BCUT2D eigenvalue weighted by Crippen LogP contribution is 2.29. The zero-order valence-electron chi connectivity index (χ0n) is 31.3. The van der Waals surface area contributed by atoms with Gasteiger partial charge in [0.1, 0.15) is 17.8 Å². The highest BCUT2D eigenvalue weighted by atomic mass is 16.6. The zero-order valence-corrected chi connectivity index (χ0v) is 31.3. The summed E-state index contributed by atoms with van der Waals surface area (Å²) in [5.74, 6) is -4.98. The quantitative estimate of drug-likeness (QED) is 0.113. The summed E-state index contributed by atoms with van der Waals surface area (Å²) in [4.78, 5) is 92.9. The van der Waals surface area contributed by atoms with Crippen molar-refractivity contribution in [1.82, 2.24) is 16.0 Å². The van der Waals surface area contributed by atoms with E-state index in [1.165, 1.54) is 0 Å². The Hall–Kier alpha value is -4.90. The molecule has 0 bridgehead atoms. The molecular formula is C33H52N4O14. The second-order valence-corrected chi connectivity index (χ2v) is 13.9. The fraction of sp³-hybridized carbons (Fsp3) is 0.697. The van der Waals surface area contributed by atoms with Gasteiger partial charge in [0.25, 0.3) is 0 Å². The molecule has 1 aliphatic heterocycles. The summed E-state index contributed by atoms with van der Waals surface area (Å²) in [7, 11) is 1.06. The van der Waals surface area contributed by atoms with E-state index in [9.17, 15) is 33.6 Å². The lowest BCUT2D eigenvalue weighted by atomic mass is 9.91. The number of amides is 3. The van der Waals surface area contributed by atoms with Crippen LogP contribution in [0.15, 0.2) is 16.8 Å². The monoisotopic (exact) mass is 728 g/mol. The van der Waals surface area contributed by atoms with Gasteiger partial charge in [0.2, 0.25) is 17.6 Å². The minimum atomic E-state index is -1.66. The first-order chi connectivity index (χ1) is 23.4. The number of esters is 4. The van der Waals surface area contributed by atoms with Crippen molar-refractivity contribution in [3.63, 3.8) is 0 Å². The van der Waals surface area contributed by atoms with E-state index in [1.54, 1.807) is 41.5 Å². The van der Waals surface area contributed by atoms with Crippen molar-refractivity contribution in [2.24, 2.45) is 10.9 Å². The number of aliphatic imine (C=N–C) groups is 1. The summed E-state index contributed by atoms with van der Waals surface area (Å²) < 4.78 is 37.5. The second-order valence-electron chi connectivity index (χ2n) is 13.9. The first kappa shape index (κ1) is 44.1. The Kier molecular flexibility index (Phi) is 16.9. The molecule has 18 nitrogen and oxygen atoms in total. The molecule has 0 spiro atoms. The summed E-state index contributed by atoms with van der Waals surface area (Å²) in [5, 5.41) is 7.44. The number of methoxy groups -OCH3 is 1. The van der Waals surface area contributed by atoms with Crippen LogP contribution in [-0.4, -0.2) is 103 Å². The van der Waals surface area contributed by atoms with E-state index in [4.69, 9.17) is 33.2 Å². The molecule has 51 heavy (non-hydrogen) atoms. The number of ether oxygens (including phenoxy) is 7. The first-order valence-corrected chi connectivity index (χ1v) is 16.2. The third-order valence-electron chi connectivity index (χ3n) is 6.25. The maximum absolute atomic E-state index is 13.4. The van der Waals surface area contributed by atoms with Crippen LogP contribution in [0.4, 0.5) is 9.59 Å². The van der Waals surface area contributed by atoms with Gasteiger partial charge in [-0.15, -0.1) is 0 Å². The number of hydrogen-bond donors (Lipinski definition) is 3. The molecule has 0 aromatic rings.